The van der Waals surface area contributed by atoms with Crippen molar-refractivity contribution in [1.29, 1.82) is 0 Å². The van der Waals surface area contributed by atoms with Crippen LogP contribution in [0.1, 0.15) is 90.9 Å². The molecule has 39 heavy (non-hydrogen) atoms. The summed E-state index contributed by atoms with van der Waals surface area (Å²) in [4.78, 5) is 4.36. The van der Waals surface area contributed by atoms with Crippen molar-refractivity contribution >= 4 is 11.8 Å². The number of fused-ring (bicyclic) bond motifs is 3. The van der Waals surface area contributed by atoms with E-state index in [1.54, 1.807) is 21.6 Å². The van der Waals surface area contributed by atoms with Crippen molar-refractivity contribution in [3.63, 3.8) is 0 Å². The molecule has 210 valence electrons. The summed E-state index contributed by atoms with van der Waals surface area (Å²) in [7, 11) is 0. The Morgan fingerprint density at radius 1 is 0.923 bits per heavy atom. The first-order valence-corrected chi connectivity index (χ1v) is 17.0. The summed E-state index contributed by atoms with van der Waals surface area (Å²) in [6.07, 6.45) is 37.8. The Hall–Kier alpha value is -1.71. The van der Waals surface area contributed by atoms with Crippen LogP contribution >= 0.6 is 11.8 Å². The molecule has 1 saturated heterocycles. The molecule has 6 unspecified atom stereocenters. The van der Waals surface area contributed by atoms with Crippen molar-refractivity contribution in [3.05, 3.63) is 82.0 Å². The van der Waals surface area contributed by atoms with Gasteiger partial charge >= 0.3 is 0 Å². The predicted molar refractivity (Wildman–Crippen MR) is 170 cm³/mol. The maximum absolute atomic E-state index is 4.09. The summed E-state index contributed by atoms with van der Waals surface area (Å²) >= 11 is 2.12. The normalized spacial score (nSPS) is 38.6. The maximum atomic E-state index is 4.09. The van der Waals surface area contributed by atoms with Gasteiger partial charge in [0.1, 0.15) is 0 Å². The highest BCUT2D eigenvalue weighted by Crippen LogP contribution is 2.51. The summed E-state index contributed by atoms with van der Waals surface area (Å²) < 4.78 is 0. The van der Waals surface area contributed by atoms with Gasteiger partial charge in [0.15, 0.2) is 0 Å². The Morgan fingerprint density at radius 2 is 1.87 bits per heavy atom. The van der Waals surface area contributed by atoms with Gasteiger partial charge in [0.2, 0.25) is 0 Å². The molecular weight excluding hydrogens is 492 g/mol. The van der Waals surface area contributed by atoms with Crippen LogP contribution in [0.15, 0.2) is 82.0 Å². The van der Waals surface area contributed by atoms with Crippen molar-refractivity contribution in [1.82, 2.24) is 10.2 Å². The summed E-state index contributed by atoms with van der Waals surface area (Å²) in [6.45, 7) is 7.11. The summed E-state index contributed by atoms with van der Waals surface area (Å²) in [5.41, 5.74) is 6.25. The fourth-order valence-electron chi connectivity index (χ4n) is 7.80. The second-order valence-corrected chi connectivity index (χ2v) is 14.2. The second kappa shape index (κ2) is 12.9. The summed E-state index contributed by atoms with van der Waals surface area (Å²) in [5.74, 6) is 2.12. The third kappa shape index (κ3) is 6.46. The first-order chi connectivity index (χ1) is 19.2. The number of nitrogens with zero attached hydrogens (tertiary/aromatic N) is 1. The molecule has 0 spiro atoms. The van der Waals surface area contributed by atoms with Gasteiger partial charge in [-0.25, -0.2) is 0 Å². The number of rotatable bonds is 4. The lowest BCUT2D eigenvalue weighted by Crippen LogP contribution is -2.36. The molecule has 2 heterocycles. The van der Waals surface area contributed by atoms with E-state index in [4.69, 9.17) is 0 Å². The molecule has 1 N–H and O–H groups in total. The van der Waals surface area contributed by atoms with Crippen LogP contribution in [0.5, 0.6) is 0 Å². The van der Waals surface area contributed by atoms with E-state index >= 15 is 0 Å². The molecule has 2 fully saturated rings. The van der Waals surface area contributed by atoms with Gasteiger partial charge in [0.25, 0.3) is 0 Å². The van der Waals surface area contributed by atoms with Crippen LogP contribution in [0.4, 0.5) is 0 Å². The van der Waals surface area contributed by atoms with E-state index in [-0.39, 0.29) is 0 Å². The van der Waals surface area contributed by atoms with E-state index in [1.165, 1.54) is 89.3 Å². The molecule has 0 bridgehead atoms. The quantitative estimate of drug-likeness (QED) is 0.357. The van der Waals surface area contributed by atoms with Crippen molar-refractivity contribution in [3.8, 4) is 0 Å². The number of thioether (sulfide) groups is 1. The van der Waals surface area contributed by atoms with Crippen molar-refractivity contribution in [2.75, 3.05) is 13.1 Å². The molecule has 6 atom stereocenters. The predicted octanol–water partition coefficient (Wildman–Crippen LogP) is 9.03. The van der Waals surface area contributed by atoms with Gasteiger partial charge in [-0.15, -0.1) is 11.8 Å². The topological polar surface area (TPSA) is 15.3 Å². The lowest BCUT2D eigenvalue weighted by atomic mass is 9.79. The Bertz CT molecular complexity index is 1100. The highest BCUT2D eigenvalue weighted by molar-refractivity contribution is 8.04. The lowest BCUT2D eigenvalue weighted by Gasteiger charge is -2.33. The Balaban J connectivity index is 1.15. The molecule has 0 aromatic heterocycles. The van der Waals surface area contributed by atoms with E-state index < -0.39 is 0 Å². The van der Waals surface area contributed by atoms with Crippen molar-refractivity contribution < 1.29 is 0 Å². The third-order valence-corrected chi connectivity index (χ3v) is 11.8. The number of allylic oxidation sites excluding steroid dienone is 8. The summed E-state index contributed by atoms with van der Waals surface area (Å²) in [5, 5.41) is 4.78. The van der Waals surface area contributed by atoms with Gasteiger partial charge in [-0.1, -0.05) is 68.4 Å². The monoisotopic (exact) mass is 542 g/mol. The van der Waals surface area contributed by atoms with Crippen LogP contribution in [0.2, 0.25) is 0 Å². The SMILES string of the molecule is C/C1=C(NC2CCCC(C3=CCCC=C3)C2)\C=C/CN(C2C=C3C(=CC2)SC2C=CCCC32)CCCCC1C. The Morgan fingerprint density at radius 3 is 2.77 bits per heavy atom. The average molecular weight is 543 g/mol. The minimum absolute atomic E-state index is 0.550. The van der Waals surface area contributed by atoms with Crippen LogP contribution < -0.4 is 5.32 Å². The van der Waals surface area contributed by atoms with Gasteiger partial charge in [-0.2, -0.15) is 0 Å². The molecule has 2 nitrogen and oxygen atoms in total. The van der Waals surface area contributed by atoms with Gasteiger partial charge in [-0.05, 0) is 112 Å². The zero-order valence-corrected chi connectivity index (χ0v) is 25.2. The number of hydrogen-bond acceptors (Lipinski definition) is 3. The average Bonchev–Trinajstić information content (AvgIpc) is 3.34. The maximum Gasteiger partial charge on any atom is 0.0343 e. The van der Waals surface area contributed by atoms with Gasteiger partial charge < -0.3 is 5.32 Å². The molecular formula is C36H50N2S. The van der Waals surface area contributed by atoms with Crippen LogP contribution in [0, 0.1) is 17.8 Å². The van der Waals surface area contributed by atoms with E-state index in [2.05, 4.69) is 90.5 Å². The van der Waals surface area contributed by atoms with Crippen LogP contribution in [0.25, 0.3) is 0 Å². The standard InChI is InChI=1S/C36H50N2S/c1-26-12-8-9-22-38(31-20-21-36-33(25-31)32-17-6-7-19-35(32)39-36)23-11-18-34(27(26)2)37-30-16-10-15-29(24-30)28-13-4-3-5-14-28/h4,7,11,13-14,18-19,21,25-26,29-32,35,37H,3,5-6,8-10,12,15-17,20,22-24H2,1-2H3/b18-11-,34-27-. The van der Waals surface area contributed by atoms with Crippen molar-refractivity contribution in [2.45, 2.75) is 108 Å². The largest absolute Gasteiger partial charge is 0.382 e. The van der Waals surface area contributed by atoms with Crippen LogP contribution in [-0.2, 0) is 0 Å². The van der Waals surface area contributed by atoms with Crippen LogP contribution in [-0.4, -0.2) is 35.3 Å². The minimum Gasteiger partial charge on any atom is -0.382 e. The highest BCUT2D eigenvalue weighted by atomic mass is 32.2. The molecule has 4 aliphatic carbocycles. The first-order valence-electron chi connectivity index (χ1n) is 16.2. The molecule has 3 heteroatoms. The van der Waals surface area contributed by atoms with E-state index in [1.807, 2.05) is 0 Å². The molecule has 0 aromatic carbocycles. The fraction of sp³-hybridized carbons (Fsp3) is 0.611. The van der Waals surface area contributed by atoms with Gasteiger partial charge in [-0.3, -0.25) is 4.90 Å². The molecule has 0 radical (unpaired) electrons. The van der Waals surface area contributed by atoms with Crippen LogP contribution in [0.3, 0.4) is 0 Å². The van der Waals surface area contributed by atoms with Gasteiger partial charge in [0.05, 0.1) is 0 Å². The van der Waals surface area contributed by atoms with Gasteiger partial charge in [0, 0.05) is 40.4 Å². The van der Waals surface area contributed by atoms with E-state index in [0.717, 1.165) is 18.4 Å². The first kappa shape index (κ1) is 27.5. The molecule has 0 aromatic rings. The smallest absolute Gasteiger partial charge is 0.0343 e. The number of hydrogen-bond donors (Lipinski definition) is 1. The zero-order valence-electron chi connectivity index (χ0n) is 24.4. The molecule has 6 rings (SSSR count). The minimum atomic E-state index is 0.550. The Kier molecular flexibility index (Phi) is 9.05. The second-order valence-electron chi connectivity index (χ2n) is 13.0. The fourth-order valence-corrected chi connectivity index (χ4v) is 9.28. The molecule has 1 saturated carbocycles. The lowest BCUT2D eigenvalue weighted by molar-refractivity contribution is 0.244. The zero-order chi connectivity index (χ0) is 26.6. The highest BCUT2D eigenvalue weighted by Gasteiger charge is 2.37. The van der Waals surface area contributed by atoms with Crippen molar-refractivity contribution in [2.24, 2.45) is 17.8 Å². The number of nitrogens with one attached hydrogen (secondary N) is 1. The third-order valence-electron chi connectivity index (χ3n) is 10.3. The molecule has 6 aliphatic rings. The summed E-state index contributed by atoms with van der Waals surface area (Å²) in [6, 6.07) is 1.14. The van der Waals surface area contributed by atoms with E-state index in [0.29, 0.717) is 23.3 Å². The molecule has 0 amide bonds. The Labute approximate surface area is 242 Å². The molecule has 2 aliphatic heterocycles. The van der Waals surface area contributed by atoms with E-state index in [9.17, 15) is 0 Å².